The molecule has 2 heteroatoms. The summed E-state index contributed by atoms with van der Waals surface area (Å²) in [5.74, 6) is 0.452. The predicted octanol–water partition coefficient (Wildman–Crippen LogP) is 4.27. The summed E-state index contributed by atoms with van der Waals surface area (Å²) < 4.78 is 0. The van der Waals surface area contributed by atoms with Gasteiger partial charge in [-0.15, -0.1) is 0 Å². The van der Waals surface area contributed by atoms with Crippen molar-refractivity contribution >= 4 is 6.41 Å². The first-order valence-electron chi connectivity index (χ1n) is 7.57. The molecule has 2 rings (SSSR count). The van der Waals surface area contributed by atoms with Crippen LogP contribution in [0.3, 0.4) is 0 Å². The van der Waals surface area contributed by atoms with Crippen LogP contribution in [0, 0.1) is 0 Å². The highest BCUT2D eigenvalue weighted by molar-refractivity contribution is 5.52. The van der Waals surface area contributed by atoms with Crippen molar-refractivity contribution in [1.82, 2.24) is 4.90 Å². The van der Waals surface area contributed by atoms with Gasteiger partial charge < -0.3 is 4.90 Å². The SMILES string of the molecule is CCCCCC[C@@H]1c2ccccc2[C@@H](C)CN1C=O. The van der Waals surface area contributed by atoms with Gasteiger partial charge in [0.2, 0.25) is 6.41 Å². The zero-order chi connectivity index (χ0) is 13.7. The highest BCUT2D eigenvalue weighted by Gasteiger charge is 2.29. The number of amides is 1. The number of hydrogen-bond acceptors (Lipinski definition) is 1. The molecule has 0 unspecified atom stereocenters. The quantitative estimate of drug-likeness (QED) is 0.552. The minimum absolute atomic E-state index is 0.293. The molecule has 0 saturated heterocycles. The Bertz CT molecular complexity index is 415. The maximum absolute atomic E-state index is 11.3. The van der Waals surface area contributed by atoms with Gasteiger partial charge in [0.15, 0.2) is 0 Å². The van der Waals surface area contributed by atoms with Gasteiger partial charge in [-0.25, -0.2) is 0 Å². The summed E-state index contributed by atoms with van der Waals surface area (Å²) in [7, 11) is 0. The predicted molar refractivity (Wildman–Crippen MR) is 79.1 cm³/mol. The van der Waals surface area contributed by atoms with E-state index < -0.39 is 0 Å². The van der Waals surface area contributed by atoms with Crippen LogP contribution in [0.15, 0.2) is 24.3 Å². The van der Waals surface area contributed by atoms with E-state index in [0.717, 1.165) is 19.4 Å². The molecule has 1 aromatic rings. The molecule has 0 aliphatic carbocycles. The third kappa shape index (κ3) is 3.17. The fourth-order valence-corrected chi connectivity index (χ4v) is 3.19. The number of rotatable bonds is 6. The molecule has 1 amide bonds. The van der Waals surface area contributed by atoms with E-state index in [1.807, 2.05) is 4.90 Å². The third-order valence-corrected chi connectivity index (χ3v) is 4.24. The summed E-state index contributed by atoms with van der Waals surface area (Å²) in [5, 5.41) is 0. The second-order valence-corrected chi connectivity index (χ2v) is 5.70. The molecular formula is C17H25NO. The Hall–Kier alpha value is -1.31. The minimum Gasteiger partial charge on any atom is -0.338 e. The zero-order valence-corrected chi connectivity index (χ0v) is 12.1. The number of unbranched alkanes of at least 4 members (excludes halogenated alkanes) is 3. The van der Waals surface area contributed by atoms with Crippen LogP contribution in [-0.4, -0.2) is 17.9 Å². The van der Waals surface area contributed by atoms with Gasteiger partial charge in [0.05, 0.1) is 6.04 Å². The van der Waals surface area contributed by atoms with Crippen molar-refractivity contribution in [3.63, 3.8) is 0 Å². The number of fused-ring (bicyclic) bond motifs is 1. The van der Waals surface area contributed by atoms with E-state index in [2.05, 4.69) is 38.1 Å². The summed E-state index contributed by atoms with van der Waals surface area (Å²) in [6.45, 7) is 5.30. The first-order valence-corrected chi connectivity index (χ1v) is 7.57. The molecule has 0 N–H and O–H groups in total. The topological polar surface area (TPSA) is 20.3 Å². The van der Waals surface area contributed by atoms with Gasteiger partial charge in [-0.05, 0) is 23.5 Å². The van der Waals surface area contributed by atoms with Gasteiger partial charge in [0.25, 0.3) is 0 Å². The van der Waals surface area contributed by atoms with Crippen molar-refractivity contribution in [2.75, 3.05) is 6.54 Å². The molecule has 19 heavy (non-hydrogen) atoms. The van der Waals surface area contributed by atoms with Crippen molar-refractivity contribution in [1.29, 1.82) is 0 Å². The van der Waals surface area contributed by atoms with Crippen LogP contribution in [0.1, 0.15) is 69.0 Å². The molecule has 0 fully saturated rings. The summed E-state index contributed by atoms with van der Waals surface area (Å²) in [4.78, 5) is 13.3. The van der Waals surface area contributed by atoms with Crippen LogP contribution in [0.5, 0.6) is 0 Å². The highest BCUT2D eigenvalue weighted by Crippen LogP contribution is 2.37. The smallest absolute Gasteiger partial charge is 0.210 e. The van der Waals surface area contributed by atoms with Crippen molar-refractivity contribution in [3.05, 3.63) is 35.4 Å². The van der Waals surface area contributed by atoms with E-state index in [1.165, 1.54) is 36.8 Å². The van der Waals surface area contributed by atoms with Crippen LogP contribution in [0.25, 0.3) is 0 Å². The second kappa shape index (κ2) is 6.74. The van der Waals surface area contributed by atoms with Crippen LogP contribution in [0.2, 0.25) is 0 Å². The van der Waals surface area contributed by atoms with Crippen molar-refractivity contribution in [2.45, 2.75) is 57.9 Å². The lowest BCUT2D eigenvalue weighted by Crippen LogP contribution is -2.36. The molecule has 104 valence electrons. The summed E-state index contributed by atoms with van der Waals surface area (Å²) in [5.41, 5.74) is 2.80. The molecule has 1 aliphatic heterocycles. The van der Waals surface area contributed by atoms with Crippen LogP contribution >= 0.6 is 0 Å². The minimum atomic E-state index is 0.293. The van der Waals surface area contributed by atoms with Crippen LogP contribution in [-0.2, 0) is 4.79 Å². The Morgan fingerprint density at radius 1 is 1.21 bits per heavy atom. The largest absolute Gasteiger partial charge is 0.338 e. The first kappa shape index (κ1) is 14.1. The van der Waals surface area contributed by atoms with E-state index in [0.29, 0.717) is 12.0 Å². The molecule has 2 atom stereocenters. The number of hydrogen-bond donors (Lipinski definition) is 0. The molecule has 1 heterocycles. The summed E-state index contributed by atoms with van der Waals surface area (Å²) in [6, 6.07) is 8.92. The zero-order valence-electron chi connectivity index (χ0n) is 12.1. The molecule has 0 bridgehead atoms. The van der Waals surface area contributed by atoms with E-state index in [1.54, 1.807) is 0 Å². The maximum Gasteiger partial charge on any atom is 0.210 e. The Kier molecular flexibility index (Phi) is 5.00. The van der Waals surface area contributed by atoms with Gasteiger partial charge in [-0.1, -0.05) is 63.8 Å². The lowest BCUT2D eigenvalue weighted by Gasteiger charge is -2.38. The maximum atomic E-state index is 11.3. The molecule has 0 spiro atoms. The average molecular weight is 259 g/mol. The fraction of sp³-hybridized carbons (Fsp3) is 0.588. The Morgan fingerprint density at radius 2 is 1.95 bits per heavy atom. The van der Waals surface area contributed by atoms with E-state index >= 15 is 0 Å². The molecule has 2 nitrogen and oxygen atoms in total. The van der Waals surface area contributed by atoms with Gasteiger partial charge >= 0.3 is 0 Å². The number of carbonyl (C=O) groups is 1. The number of nitrogens with zero attached hydrogens (tertiary/aromatic N) is 1. The molecule has 0 saturated carbocycles. The summed E-state index contributed by atoms with van der Waals surface area (Å²) >= 11 is 0. The Morgan fingerprint density at radius 3 is 2.63 bits per heavy atom. The third-order valence-electron chi connectivity index (χ3n) is 4.24. The molecule has 0 aromatic heterocycles. The van der Waals surface area contributed by atoms with Crippen LogP contribution < -0.4 is 0 Å². The number of carbonyl (C=O) groups excluding carboxylic acids is 1. The first-order chi connectivity index (χ1) is 9.27. The van der Waals surface area contributed by atoms with Gasteiger partial charge in [0.1, 0.15) is 0 Å². The normalized spacial score (nSPS) is 22.1. The van der Waals surface area contributed by atoms with Gasteiger partial charge in [-0.3, -0.25) is 4.79 Å². The van der Waals surface area contributed by atoms with E-state index in [4.69, 9.17) is 0 Å². The molecular weight excluding hydrogens is 234 g/mol. The lowest BCUT2D eigenvalue weighted by molar-refractivity contribution is -0.121. The van der Waals surface area contributed by atoms with Crippen LogP contribution in [0.4, 0.5) is 0 Å². The average Bonchev–Trinajstić information content (AvgIpc) is 2.45. The Balaban J connectivity index is 2.13. The standard InChI is InChI=1S/C17H25NO/c1-3-4-5-6-11-17-16-10-8-7-9-15(16)14(2)12-18(17)13-19/h7-10,13-14,17H,3-6,11-12H2,1-2H3/t14-,17+/m0/s1. The summed E-state index contributed by atoms with van der Waals surface area (Å²) in [6.07, 6.45) is 7.18. The second-order valence-electron chi connectivity index (χ2n) is 5.70. The molecule has 0 radical (unpaired) electrons. The highest BCUT2D eigenvalue weighted by atomic mass is 16.1. The van der Waals surface area contributed by atoms with Crippen molar-refractivity contribution in [2.24, 2.45) is 0 Å². The van der Waals surface area contributed by atoms with Crippen molar-refractivity contribution in [3.8, 4) is 0 Å². The monoisotopic (exact) mass is 259 g/mol. The lowest BCUT2D eigenvalue weighted by atomic mass is 9.84. The Labute approximate surface area is 116 Å². The van der Waals surface area contributed by atoms with E-state index in [-0.39, 0.29) is 0 Å². The number of benzene rings is 1. The van der Waals surface area contributed by atoms with Gasteiger partial charge in [-0.2, -0.15) is 0 Å². The fourth-order valence-electron chi connectivity index (χ4n) is 3.19. The molecule has 1 aromatic carbocycles. The molecule has 1 aliphatic rings. The van der Waals surface area contributed by atoms with E-state index in [9.17, 15) is 4.79 Å². The van der Waals surface area contributed by atoms with Gasteiger partial charge in [0, 0.05) is 6.54 Å². The van der Waals surface area contributed by atoms with Crippen molar-refractivity contribution < 1.29 is 4.79 Å².